The molecular weight excluding hydrogens is 258 g/mol. The molecule has 0 saturated heterocycles. The van der Waals surface area contributed by atoms with Gasteiger partial charge in [0.15, 0.2) is 6.04 Å². The summed E-state index contributed by atoms with van der Waals surface area (Å²) >= 11 is 0. The minimum atomic E-state index is -1.02. The van der Waals surface area contributed by atoms with Crippen LogP contribution in [0.4, 0.5) is 0 Å². The van der Waals surface area contributed by atoms with Gasteiger partial charge in [0.25, 0.3) is 0 Å². The number of carbonyl (C=O) groups is 2. The number of carbonyl (C=O) groups excluding carboxylic acids is 1. The van der Waals surface area contributed by atoms with E-state index >= 15 is 0 Å². The molecule has 1 aromatic carbocycles. The maximum atomic E-state index is 11.7. The molecule has 1 unspecified atom stereocenters. The standard InChI is InChI=1S/C15H21NO4/c1-4-9-16(11(2)17)14(15(18)19)13-7-5-12(6-8-13)10-20-3/h5-8,14H,4,9-10H2,1-3H3,(H,18,19). The molecule has 1 N–H and O–H groups in total. The highest BCUT2D eigenvalue weighted by molar-refractivity contribution is 5.83. The third-order valence-corrected chi connectivity index (χ3v) is 3.02. The van der Waals surface area contributed by atoms with E-state index in [2.05, 4.69) is 0 Å². The van der Waals surface area contributed by atoms with E-state index in [0.717, 1.165) is 5.56 Å². The Labute approximate surface area is 119 Å². The van der Waals surface area contributed by atoms with Crippen molar-refractivity contribution in [3.8, 4) is 0 Å². The second-order valence-electron chi connectivity index (χ2n) is 4.63. The Morgan fingerprint density at radius 3 is 2.30 bits per heavy atom. The molecule has 0 aromatic heterocycles. The van der Waals surface area contributed by atoms with Crippen LogP contribution < -0.4 is 0 Å². The monoisotopic (exact) mass is 279 g/mol. The number of hydrogen-bond acceptors (Lipinski definition) is 3. The lowest BCUT2D eigenvalue weighted by atomic mass is 10.0. The topological polar surface area (TPSA) is 66.8 Å². The Hall–Kier alpha value is -1.88. The Morgan fingerprint density at radius 1 is 1.30 bits per heavy atom. The van der Waals surface area contributed by atoms with Gasteiger partial charge in [0.1, 0.15) is 0 Å². The van der Waals surface area contributed by atoms with Crippen LogP contribution >= 0.6 is 0 Å². The van der Waals surface area contributed by atoms with Crippen LogP contribution in [0, 0.1) is 0 Å². The quantitative estimate of drug-likeness (QED) is 0.831. The van der Waals surface area contributed by atoms with Crippen LogP contribution in [-0.2, 0) is 20.9 Å². The van der Waals surface area contributed by atoms with Crippen molar-refractivity contribution in [3.63, 3.8) is 0 Å². The lowest BCUT2D eigenvalue weighted by molar-refractivity contribution is -0.149. The fraction of sp³-hybridized carbons (Fsp3) is 0.467. The zero-order chi connectivity index (χ0) is 15.1. The van der Waals surface area contributed by atoms with Gasteiger partial charge in [0.05, 0.1) is 6.61 Å². The summed E-state index contributed by atoms with van der Waals surface area (Å²) in [4.78, 5) is 24.6. The summed E-state index contributed by atoms with van der Waals surface area (Å²) < 4.78 is 5.02. The molecule has 0 heterocycles. The fourth-order valence-corrected chi connectivity index (χ4v) is 2.13. The van der Waals surface area contributed by atoms with Crippen molar-refractivity contribution in [2.45, 2.75) is 32.9 Å². The Kier molecular flexibility index (Phi) is 6.18. The van der Waals surface area contributed by atoms with Crippen LogP contribution in [0.5, 0.6) is 0 Å². The number of methoxy groups -OCH3 is 1. The largest absolute Gasteiger partial charge is 0.479 e. The lowest BCUT2D eigenvalue weighted by Crippen LogP contribution is -2.38. The van der Waals surface area contributed by atoms with Crippen molar-refractivity contribution in [3.05, 3.63) is 35.4 Å². The molecule has 5 heteroatoms. The second kappa shape index (κ2) is 7.65. The van der Waals surface area contributed by atoms with Crippen LogP contribution in [0.15, 0.2) is 24.3 Å². The van der Waals surface area contributed by atoms with Crippen LogP contribution in [-0.4, -0.2) is 35.5 Å². The third-order valence-electron chi connectivity index (χ3n) is 3.02. The minimum absolute atomic E-state index is 0.236. The first-order valence-electron chi connectivity index (χ1n) is 6.59. The summed E-state index contributed by atoms with van der Waals surface area (Å²) in [7, 11) is 1.60. The maximum Gasteiger partial charge on any atom is 0.331 e. The van der Waals surface area contributed by atoms with E-state index in [1.807, 2.05) is 19.1 Å². The summed E-state index contributed by atoms with van der Waals surface area (Å²) in [5.41, 5.74) is 1.56. The Bertz CT molecular complexity index is 455. The molecule has 0 saturated carbocycles. The van der Waals surface area contributed by atoms with Gasteiger partial charge in [-0.2, -0.15) is 0 Å². The van der Waals surface area contributed by atoms with E-state index in [4.69, 9.17) is 4.74 Å². The number of amides is 1. The number of carboxylic acid groups (broad SMARTS) is 1. The minimum Gasteiger partial charge on any atom is -0.479 e. The van der Waals surface area contributed by atoms with E-state index < -0.39 is 12.0 Å². The average molecular weight is 279 g/mol. The van der Waals surface area contributed by atoms with Gasteiger partial charge in [-0.3, -0.25) is 4.79 Å². The van der Waals surface area contributed by atoms with Crippen LogP contribution in [0.3, 0.4) is 0 Å². The Morgan fingerprint density at radius 2 is 1.90 bits per heavy atom. The first-order chi connectivity index (χ1) is 9.51. The van der Waals surface area contributed by atoms with Crippen molar-refractivity contribution in [1.82, 2.24) is 4.90 Å². The van der Waals surface area contributed by atoms with Gasteiger partial charge >= 0.3 is 5.97 Å². The first-order valence-corrected chi connectivity index (χ1v) is 6.59. The summed E-state index contributed by atoms with van der Waals surface area (Å²) in [6.07, 6.45) is 0.713. The number of nitrogens with zero attached hydrogens (tertiary/aromatic N) is 1. The number of ether oxygens (including phenoxy) is 1. The lowest BCUT2D eigenvalue weighted by Gasteiger charge is -2.28. The van der Waals surface area contributed by atoms with Gasteiger partial charge in [0.2, 0.25) is 5.91 Å². The van der Waals surface area contributed by atoms with Gasteiger partial charge < -0.3 is 14.7 Å². The van der Waals surface area contributed by atoms with Crippen molar-refractivity contribution in [2.75, 3.05) is 13.7 Å². The molecule has 1 aromatic rings. The molecule has 20 heavy (non-hydrogen) atoms. The molecule has 5 nitrogen and oxygen atoms in total. The van der Waals surface area contributed by atoms with Gasteiger partial charge in [-0.05, 0) is 17.5 Å². The third kappa shape index (κ3) is 4.06. The normalized spacial score (nSPS) is 11.9. The fourth-order valence-electron chi connectivity index (χ4n) is 2.13. The van der Waals surface area contributed by atoms with Crippen molar-refractivity contribution < 1.29 is 19.4 Å². The highest BCUT2D eigenvalue weighted by atomic mass is 16.5. The summed E-state index contributed by atoms with van der Waals surface area (Å²) in [5.74, 6) is -1.26. The SMILES string of the molecule is CCCN(C(C)=O)C(C(=O)O)c1ccc(COC)cc1. The number of carboxylic acids is 1. The van der Waals surface area contributed by atoms with Gasteiger partial charge in [0, 0.05) is 20.6 Å². The maximum absolute atomic E-state index is 11.7. The molecular formula is C15H21NO4. The number of aliphatic carboxylic acids is 1. The summed E-state index contributed by atoms with van der Waals surface area (Å²) in [6, 6.07) is 6.17. The average Bonchev–Trinajstić information content (AvgIpc) is 2.40. The van der Waals surface area contributed by atoms with Gasteiger partial charge in [-0.1, -0.05) is 31.2 Å². The molecule has 0 aliphatic heterocycles. The molecule has 0 aliphatic carbocycles. The first kappa shape index (κ1) is 16.2. The predicted molar refractivity (Wildman–Crippen MR) is 75.2 cm³/mol. The molecule has 1 rings (SSSR count). The second-order valence-corrected chi connectivity index (χ2v) is 4.63. The predicted octanol–water partition coefficient (Wildman–Crippen LogP) is 2.22. The molecule has 0 spiro atoms. The Balaban J connectivity index is 3.06. The molecule has 0 radical (unpaired) electrons. The zero-order valence-electron chi connectivity index (χ0n) is 12.1. The number of rotatable bonds is 7. The van der Waals surface area contributed by atoms with Crippen LogP contribution in [0.25, 0.3) is 0 Å². The highest BCUT2D eigenvalue weighted by Gasteiger charge is 2.28. The molecule has 110 valence electrons. The van der Waals surface area contributed by atoms with Crippen molar-refractivity contribution >= 4 is 11.9 Å². The van der Waals surface area contributed by atoms with E-state index in [1.165, 1.54) is 11.8 Å². The highest BCUT2D eigenvalue weighted by Crippen LogP contribution is 2.22. The van der Waals surface area contributed by atoms with E-state index in [9.17, 15) is 14.7 Å². The molecule has 1 atom stereocenters. The number of benzene rings is 1. The van der Waals surface area contributed by atoms with Crippen LogP contribution in [0.1, 0.15) is 37.4 Å². The van der Waals surface area contributed by atoms with Gasteiger partial charge in [-0.25, -0.2) is 4.79 Å². The summed E-state index contributed by atoms with van der Waals surface area (Å²) in [5, 5.41) is 9.43. The molecule has 0 fully saturated rings. The van der Waals surface area contributed by atoms with Crippen molar-refractivity contribution in [2.24, 2.45) is 0 Å². The van der Waals surface area contributed by atoms with Crippen LogP contribution in [0.2, 0.25) is 0 Å². The van der Waals surface area contributed by atoms with E-state index in [1.54, 1.807) is 19.2 Å². The summed E-state index contributed by atoms with van der Waals surface area (Å²) in [6.45, 7) is 4.21. The van der Waals surface area contributed by atoms with E-state index in [-0.39, 0.29) is 5.91 Å². The smallest absolute Gasteiger partial charge is 0.331 e. The number of hydrogen-bond donors (Lipinski definition) is 1. The molecule has 1 amide bonds. The van der Waals surface area contributed by atoms with Crippen molar-refractivity contribution in [1.29, 1.82) is 0 Å². The van der Waals surface area contributed by atoms with Gasteiger partial charge in [-0.15, -0.1) is 0 Å². The zero-order valence-corrected chi connectivity index (χ0v) is 12.1. The molecule has 0 bridgehead atoms. The molecule has 0 aliphatic rings. The van der Waals surface area contributed by atoms with E-state index in [0.29, 0.717) is 25.1 Å².